The number of aryl methyl sites for hydroxylation is 1. The van der Waals surface area contributed by atoms with Gasteiger partial charge in [-0.1, -0.05) is 50.4 Å². The van der Waals surface area contributed by atoms with Gasteiger partial charge in [0, 0.05) is 35.9 Å². The van der Waals surface area contributed by atoms with Gasteiger partial charge in [0.15, 0.2) is 11.4 Å². The van der Waals surface area contributed by atoms with Crippen LogP contribution in [0, 0.1) is 11.8 Å². The van der Waals surface area contributed by atoms with E-state index in [0.29, 0.717) is 38.5 Å². The number of hydrogen-bond donors (Lipinski definition) is 3. The predicted molar refractivity (Wildman–Crippen MR) is 209 cm³/mol. The summed E-state index contributed by atoms with van der Waals surface area (Å²) in [6.45, 7) is 4.72. The number of methoxy groups -OCH3 is 1. The zero-order valence-corrected chi connectivity index (χ0v) is 34.9. The molecule has 1 aromatic carbocycles. The minimum atomic E-state index is -5.01. The van der Waals surface area contributed by atoms with Crippen LogP contribution in [0.25, 0.3) is 10.9 Å². The molecule has 0 radical (unpaired) electrons. The van der Waals surface area contributed by atoms with Gasteiger partial charge in [-0.3, -0.25) is 24.0 Å². The third-order valence-corrected chi connectivity index (χ3v) is 14.9. The van der Waals surface area contributed by atoms with Crippen molar-refractivity contribution in [3.05, 3.63) is 40.6 Å². The molecule has 0 bridgehead atoms. The minimum absolute atomic E-state index is 0.00768. The summed E-state index contributed by atoms with van der Waals surface area (Å²) in [6, 6.07) is 0.166. The van der Waals surface area contributed by atoms with E-state index in [4.69, 9.17) is 21.1 Å². The Morgan fingerprint density at radius 3 is 2.54 bits per heavy atom. The number of amides is 4. The van der Waals surface area contributed by atoms with Crippen LogP contribution in [0.1, 0.15) is 96.2 Å². The molecule has 7 rings (SSSR count). The van der Waals surface area contributed by atoms with Crippen LogP contribution in [0.3, 0.4) is 0 Å². The van der Waals surface area contributed by atoms with Gasteiger partial charge in [0.1, 0.15) is 29.0 Å². The molecule has 5 aliphatic rings. The molecule has 3 fully saturated rings. The molecule has 4 amide bonds. The molecule has 14 nitrogen and oxygen atoms in total. The lowest BCUT2D eigenvalue weighted by Crippen LogP contribution is -2.59. The Kier molecular flexibility index (Phi) is 11.1. The lowest BCUT2D eigenvalue weighted by molar-refractivity contribution is -0.145. The minimum Gasteiger partial charge on any atom is -0.497 e. The van der Waals surface area contributed by atoms with Crippen molar-refractivity contribution in [3.8, 4) is 11.5 Å². The average molecular weight is 868 g/mol. The number of carbonyl (C=O) groups is 4. The van der Waals surface area contributed by atoms with Gasteiger partial charge in [0.25, 0.3) is 5.91 Å². The van der Waals surface area contributed by atoms with Crippen LogP contribution in [0.4, 0.5) is 18.0 Å². The number of sulfonamides is 1. The summed E-state index contributed by atoms with van der Waals surface area (Å²) in [5, 5.41) is 13.4. The Bertz CT molecular complexity index is 2220. The van der Waals surface area contributed by atoms with Crippen molar-refractivity contribution in [2.75, 3.05) is 20.2 Å². The second-order valence-corrected chi connectivity index (χ2v) is 19.9. The first-order valence-electron chi connectivity index (χ1n) is 20.0. The maximum atomic E-state index is 14.9. The van der Waals surface area contributed by atoms with E-state index in [0.717, 1.165) is 4.90 Å². The van der Waals surface area contributed by atoms with Crippen LogP contribution < -0.4 is 19.5 Å². The molecule has 59 heavy (non-hydrogen) atoms. The number of carbonyl (C=O) groups excluding carboxylic acids is 3. The van der Waals surface area contributed by atoms with Crippen molar-refractivity contribution in [3.63, 3.8) is 0 Å². The van der Waals surface area contributed by atoms with Crippen molar-refractivity contribution in [2.24, 2.45) is 11.8 Å². The molecule has 1 spiro atoms. The number of carboxylic acid groups (broad SMARTS) is 1. The molecular weight excluding hydrogens is 819 g/mol. The number of hydrogen-bond acceptors (Lipinski definition) is 9. The van der Waals surface area contributed by atoms with E-state index in [9.17, 15) is 45.9 Å². The van der Waals surface area contributed by atoms with E-state index in [2.05, 4.69) is 15.0 Å². The lowest BCUT2D eigenvalue weighted by Gasteiger charge is -2.38. The Morgan fingerprint density at radius 1 is 1.17 bits per heavy atom. The Balaban J connectivity index is 1.31. The number of rotatable bonds is 7. The first kappa shape index (κ1) is 42.8. The average Bonchev–Trinajstić information content (AvgIpc) is 4.05. The smallest absolute Gasteiger partial charge is 0.437 e. The first-order chi connectivity index (χ1) is 27.6. The van der Waals surface area contributed by atoms with Crippen molar-refractivity contribution in [2.45, 2.75) is 126 Å². The highest BCUT2D eigenvalue weighted by molar-refractivity contribution is 7.91. The summed E-state index contributed by atoms with van der Waals surface area (Å²) < 4.78 is 83.7. The van der Waals surface area contributed by atoms with Crippen molar-refractivity contribution < 1.29 is 55.3 Å². The topological polar surface area (TPSA) is 185 Å². The fourth-order valence-electron chi connectivity index (χ4n) is 8.74. The van der Waals surface area contributed by atoms with E-state index < -0.39 is 91.9 Å². The lowest BCUT2D eigenvalue weighted by atomic mass is 9.87. The van der Waals surface area contributed by atoms with Crippen LogP contribution >= 0.6 is 11.6 Å². The summed E-state index contributed by atoms with van der Waals surface area (Å²) >= 11 is 6.40. The molecule has 0 unspecified atom stereocenters. The normalized spacial score (nSPS) is 28.6. The van der Waals surface area contributed by atoms with Crippen LogP contribution in [-0.4, -0.2) is 100 Å². The molecule has 4 heterocycles. The molecule has 5 atom stereocenters. The number of allylic oxidation sites excluding steroid dienone is 1. The van der Waals surface area contributed by atoms with Crippen LogP contribution in [-0.2, 0) is 37.0 Å². The number of aromatic nitrogens is 1. The zero-order valence-electron chi connectivity index (χ0n) is 33.3. The van der Waals surface area contributed by atoms with Gasteiger partial charge in [-0.25, -0.2) is 18.2 Å². The number of fused-ring (bicyclic) bond motifs is 5. The van der Waals surface area contributed by atoms with Crippen molar-refractivity contribution in [1.29, 1.82) is 0 Å². The number of nitrogens with one attached hydrogen (secondary N) is 2. The second kappa shape index (κ2) is 15.3. The van der Waals surface area contributed by atoms with Gasteiger partial charge < -0.3 is 24.8 Å². The summed E-state index contributed by atoms with van der Waals surface area (Å²) in [6.07, 6.45) is 0.197. The van der Waals surface area contributed by atoms with Gasteiger partial charge in [-0.2, -0.15) is 13.2 Å². The summed E-state index contributed by atoms with van der Waals surface area (Å²) in [4.78, 5) is 62.5. The zero-order chi connectivity index (χ0) is 42.9. The second-order valence-electron chi connectivity index (χ2n) is 17.3. The van der Waals surface area contributed by atoms with Crippen molar-refractivity contribution in [1.82, 2.24) is 24.8 Å². The quantitative estimate of drug-likeness (QED) is 0.280. The molecule has 1 saturated heterocycles. The number of alkyl halides is 3. The largest absolute Gasteiger partial charge is 0.497 e. The maximum absolute atomic E-state index is 14.9. The van der Waals surface area contributed by atoms with E-state index in [1.165, 1.54) is 31.1 Å². The highest BCUT2D eigenvalue weighted by Crippen LogP contribution is 2.51. The Morgan fingerprint density at radius 2 is 1.90 bits per heavy atom. The number of nitrogens with zero attached hydrogens (tertiary/aromatic N) is 3. The fraction of sp³-hybridized carbons (Fsp3) is 0.625. The third kappa shape index (κ3) is 8.02. The molecule has 2 aliphatic carbocycles. The van der Waals surface area contributed by atoms with Crippen LogP contribution in [0.15, 0.2) is 24.3 Å². The Hall–Kier alpha value is -4.32. The standard InChI is InChI=1S/C40H49ClF3N5O9S/c1-22(2)20-48(36(53)54)28-11-9-7-5-6-8-10-23-18-39(23,35(52)47-59(55,56)37(3)14-15-37)46-33(50)29-19-38(21-49(29)34(28)51)13-12-25-26-16-24(57-4)17-27(41)30(26)45-32(31(25)58-38)40(42,43)44/h8,10,16-17,22-23,28-29H,5-7,9,11-15,18-21H2,1-4H3,(H,46,50)(H,47,52)(H,53,54)/b10-8-/t23-,28+,29+,38-,39-/m1/s1. The summed E-state index contributed by atoms with van der Waals surface area (Å²) in [5.74, 6) is -3.59. The monoisotopic (exact) mass is 867 g/mol. The van der Waals surface area contributed by atoms with Crippen LogP contribution in [0.2, 0.25) is 5.02 Å². The van der Waals surface area contributed by atoms with Gasteiger partial charge in [0.2, 0.25) is 21.8 Å². The molecule has 19 heteroatoms. The van der Waals surface area contributed by atoms with Gasteiger partial charge in [-0.15, -0.1) is 0 Å². The van der Waals surface area contributed by atoms with E-state index in [1.54, 1.807) is 19.9 Å². The highest BCUT2D eigenvalue weighted by atomic mass is 35.5. The molecule has 3 N–H and O–H groups in total. The van der Waals surface area contributed by atoms with E-state index in [-0.39, 0.29) is 71.8 Å². The molecule has 1 aromatic heterocycles. The number of ether oxygens (including phenoxy) is 2. The van der Waals surface area contributed by atoms with Crippen LogP contribution in [0.5, 0.6) is 11.5 Å². The van der Waals surface area contributed by atoms with E-state index in [1.807, 2.05) is 6.08 Å². The molecule has 322 valence electrons. The molecular formula is C40H49ClF3N5O9S. The van der Waals surface area contributed by atoms with E-state index >= 15 is 0 Å². The SMILES string of the molecule is COc1cc(Cl)c2nc(C(F)(F)F)c3c(c2c1)CC[C@]1(C[C@H]2C(=O)N[C@]4(C(=O)NS(=O)(=O)C5(C)CC5)C[C@H]4/C=C\CCCCC[C@H](N(CC(C)C)C(=O)O)C(=O)N2C1)O3. The first-order valence-corrected chi connectivity index (χ1v) is 21.8. The predicted octanol–water partition coefficient (Wildman–Crippen LogP) is 5.98. The summed E-state index contributed by atoms with van der Waals surface area (Å²) in [7, 11) is -2.73. The third-order valence-electron chi connectivity index (χ3n) is 12.5. The molecule has 2 aromatic rings. The van der Waals surface area contributed by atoms with Crippen molar-refractivity contribution >= 4 is 56.3 Å². The van der Waals surface area contributed by atoms with Gasteiger partial charge >= 0.3 is 12.3 Å². The number of benzene rings is 1. The molecule has 2 saturated carbocycles. The number of halogens is 4. The van der Waals surface area contributed by atoms with Gasteiger partial charge in [0.05, 0.1) is 28.9 Å². The Labute approximate surface area is 345 Å². The summed E-state index contributed by atoms with van der Waals surface area (Å²) in [5.41, 5.74) is -4.58. The fourth-order valence-corrected chi connectivity index (χ4v) is 10.3. The maximum Gasteiger partial charge on any atom is 0.437 e. The van der Waals surface area contributed by atoms with Gasteiger partial charge in [-0.05, 0) is 70.3 Å². The number of pyridine rings is 1. The molecule has 3 aliphatic heterocycles. The highest BCUT2D eigenvalue weighted by Gasteiger charge is 2.64.